The number of amides is 1. The molecule has 0 aliphatic rings. The molecule has 1 aromatic heterocycles. The molecule has 1 amide bonds. The fourth-order valence-corrected chi connectivity index (χ4v) is 4.13. The van der Waals surface area contributed by atoms with Gasteiger partial charge in [0.05, 0.1) is 12.3 Å². The van der Waals surface area contributed by atoms with Gasteiger partial charge < -0.3 is 9.47 Å². The van der Waals surface area contributed by atoms with E-state index >= 15 is 0 Å². The third kappa shape index (κ3) is 6.26. The number of hydrogen-bond acceptors (Lipinski definition) is 2. The zero-order valence-corrected chi connectivity index (χ0v) is 18.2. The average molecular weight is 407 g/mol. The Kier molecular flexibility index (Phi) is 8.00. The minimum absolute atomic E-state index is 0.205. The van der Waals surface area contributed by atoms with Crippen molar-refractivity contribution in [3.8, 4) is 0 Å². The van der Waals surface area contributed by atoms with Crippen LogP contribution in [0.15, 0.2) is 77.8 Å². The van der Waals surface area contributed by atoms with Crippen LogP contribution >= 0.6 is 11.8 Å². The van der Waals surface area contributed by atoms with Gasteiger partial charge in [-0.05, 0) is 48.7 Å². The fourth-order valence-electron chi connectivity index (χ4n) is 3.31. The number of aryl methyl sites for hydroxylation is 1. The molecule has 0 unspecified atom stereocenters. The molecule has 0 aliphatic heterocycles. The standard InChI is InChI=1S/C25H30N2OS/c1-3-4-16-27(25(28)20-29-24-14-6-5-7-15-24)19-23-13-10-17-26(23)18-22-12-9-8-11-21(22)2/h5-15,17H,3-4,16,18-20H2,1-2H3. The van der Waals surface area contributed by atoms with Gasteiger partial charge in [-0.1, -0.05) is 55.8 Å². The van der Waals surface area contributed by atoms with Gasteiger partial charge in [0, 0.05) is 29.9 Å². The van der Waals surface area contributed by atoms with Crippen LogP contribution in [0.4, 0.5) is 0 Å². The largest absolute Gasteiger partial charge is 0.345 e. The molecule has 0 saturated carbocycles. The van der Waals surface area contributed by atoms with E-state index in [1.807, 2.05) is 23.1 Å². The Balaban J connectivity index is 1.68. The van der Waals surface area contributed by atoms with E-state index in [9.17, 15) is 4.79 Å². The molecule has 0 radical (unpaired) electrons. The summed E-state index contributed by atoms with van der Waals surface area (Å²) in [5.74, 6) is 0.683. The maximum absolute atomic E-state index is 13.0. The number of carbonyl (C=O) groups is 1. The second-order valence-electron chi connectivity index (χ2n) is 7.32. The van der Waals surface area contributed by atoms with Gasteiger partial charge in [0.15, 0.2) is 0 Å². The SMILES string of the molecule is CCCCN(Cc1cccn1Cc1ccccc1C)C(=O)CSc1ccccc1. The van der Waals surface area contributed by atoms with Crippen molar-refractivity contribution in [3.63, 3.8) is 0 Å². The number of hydrogen-bond donors (Lipinski definition) is 0. The van der Waals surface area contributed by atoms with Crippen molar-refractivity contribution < 1.29 is 4.79 Å². The van der Waals surface area contributed by atoms with E-state index in [1.54, 1.807) is 11.8 Å². The van der Waals surface area contributed by atoms with Gasteiger partial charge in [0.1, 0.15) is 0 Å². The Morgan fingerprint density at radius 1 is 1.00 bits per heavy atom. The summed E-state index contributed by atoms with van der Waals surface area (Å²) in [6.07, 6.45) is 4.23. The van der Waals surface area contributed by atoms with E-state index in [2.05, 4.69) is 73.1 Å². The highest BCUT2D eigenvalue weighted by molar-refractivity contribution is 8.00. The first-order chi connectivity index (χ1) is 14.2. The summed E-state index contributed by atoms with van der Waals surface area (Å²) in [6, 6.07) is 22.8. The summed E-state index contributed by atoms with van der Waals surface area (Å²) in [5.41, 5.74) is 3.80. The lowest BCUT2D eigenvalue weighted by Crippen LogP contribution is -2.33. The number of nitrogens with zero attached hydrogens (tertiary/aromatic N) is 2. The van der Waals surface area contributed by atoms with Crippen LogP contribution in [0.1, 0.15) is 36.6 Å². The van der Waals surface area contributed by atoms with Crippen LogP contribution < -0.4 is 0 Å². The van der Waals surface area contributed by atoms with Crippen LogP contribution in [-0.4, -0.2) is 27.7 Å². The Bertz CT molecular complexity index is 904. The summed E-state index contributed by atoms with van der Waals surface area (Å²) in [4.78, 5) is 16.1. The van der Waals surface area contributed by atoms with E-state index in [4.69, 9.17) is 0 Å². The molecule has 0 spiro atoms. The average Bonchev–Trinajstić information content (AvgIpc) is 3.18. The lowest BCUT2D eigenvalue weighted by molar-refractivity contribution is -0.129. The molecule has 0 saturated heterocycles. The molecule has 3 aromatic rings. The van der Waals surface area contributed by atoms with Crippen molar-refractivity contribution in [1.29, 1.82) is 0 Å². The first-order valence-corrected chi connectivity index (χ1v) is 11.3. The van der Waals surface area contributed by atoms with Crippen molar-refractivity contribution in [1.82, 2.24) is 9.47 Å². The molecule has 0 aliphatic carbocycles. The first kappa shape index (κ1) is 21.3. The van der Waals surface area contributed by atoms with Crippen molar-refractivity contribution in [2.75, 3.05) is 12.3 Å². The lowest BCUT2D eigenvalue weighted by atomic mass is 10.1. The van der Waals surface area contributed by atoms with Gasteiger partial charge >= 0.3 is 0 Å². The van der Waals surface area contributed by atoms with Crippen LogP contribution in [0.2, 0.25) is 0 Å². The van der Waals surface area contributed by atoms with Crippen LogP contribution in [0.3, 0.4) is 0 Å². The van der Waals surface area contributed by atoms with E-state index in [0.29, 0.717) is 12.3 Å². The third-order valence-corrected chi connectivity index (χ3v) is 6.11. The number of thioether (sulfide) groups is 1. The highest BCUT2D eigenvalue weighted by atomic mass is 32.2. The quantitative estimate of drug-likeness (QED) is 0.400. The summed E-state index contributed by atoms with van der Waals surface area (Å²) in [5, 5.41) is 0. The smallest absolute Gasteiger partial charge is 0.233 e. The van der Waals surface area contributed by atoms with Gasteiger partial charge in [-0.15, -0.1) is 11.8 Å². The van der Waals surface area contributed by atoms with E-state index in [-0.39, 0.29) is 5.91 Å². The second-order valence-corrected chi connectivity index (χ2v) is 8.37. The molecular weight excluding hydrogens is 376 g/mol. The van der Waals surface area contributed by atoms with Crippen LogP contribution in [0.25, 0.3) is 0 Å². The first-order valence-electron chi connectivity index (χ1n) is 10.3. The molecule has 1 heterocycles. The predicted octanol–water partition coefficient (Wildman–Crippen LogP) is 5.77. The van der Waals surface area contributed by atoms with Crippen molar-refractivity contribution in [2.45, 2.75) is 44.7 Å². The zero-order valence-electron chi connectivity index (χ0n) is 17.4. The number of aromatic nitrogens is 1. The second kappa shape index (κ2) is 10.9. The zero-order chi connectivity index (χ0) is 20.5. The fraction of sp³-hybridized carbons (Fsp3) is 0.320. The Hall–Kier alpha value is -2.46. The van der Waals surface area contributed by atoms with Crippen LogP contribution in [0, 0.1) is 6.92 Å². The van der Waals surface area contributed by atoms with Gasteiger partial charge in [-0.2, -0.15) is 0 Å². The molecule has 3 nitrogen and oxygen atoms in total. The molecule has 0 atom stereocenters. The summed E-state index contributed by atoms with van der Waals surface area (Å²) in [6.45, 7) is 6.62. The van der Waals surface area contributed by atoms with E-state index < -0.39 is 0 Å². The highest BCUT2D eigenvalue weighted by Crippen LogP contribution is 2.19. The number of carbonyl (C=O) groups excluding carboxylic acids is 1. The molecular formula is C25H30N2OS. The van der Waals surface area contributed by atoms with Crippen molar-refractivity contribution >= 4 is 17.7 Å². The number of benzene rings is 2. The van der Waals surface area contributed by atoms with Gasteiger partial charge in [-0.3, -0.25) is 4.79 Å². The predicted molar refractivity (Wildman–Crippen MR) is 122 cm³/mol. The molecule has 4 heteroatoms. The van der Waals surface area contributed by atoms with Crippen molar-refractivity contribution in [2.24, 2.45) is 0 Å². The maximum atomic E-state index is 13.0. The lowest BCUT2D eigenvalue weighted by Gasteiger charge is -2.24. The monoisotopic (exact) mass is 406 g/mol. The minimum atomic E-state index is 0.205. The number of unbranched alkanes of at least 4 members (excludes halogenated alkanes) is 1. The summed E-state index contributed by atoms with van der Waals surface area (Å²) >= 11 is 1.61. The molecule has 0 bridgehead atoms. The Labute approximate surface area is 178 Å². The summed E-state index contributed by atoms with van der Waals surface area (Å²) < 4.78 is 2.26. The molecule has 3 rings (SSSR count). The van der Waals surface area contributed by atoms with Crippen LogP contribution in [0.5, 0.6) is 0 Å². The minimum Gasteiger partial charge on any atom is -0.345 e. The van der Waals surface area contributed by atoms with Crippen molar-refractivity contribution in [3.05, 3.63) is 89.7 Å². The molecule has 0 fully saturated rings. The van der Waals surface area contributed by atoms with Crippen LogP contribution in [-0.2, 0) is 17.9 Å². The van der Waals surface area contributed by atoms with Gasteiger partial charge in [0.25, 0.3) is 0 Å². The van der Waals surface area contributed by atoms with Gasteiger partial charge in [-0.25, -0.2) is 0 Å². The highest BCUT2D eigenvalue weighted by Gasteiger charge is 2.16. The number of rotatable bonds is 10. The van der Waals surface area contributed by atoms with E-state index in [1.165, 1.54) is 16.8 Å². The Morgan fingerprint density at radius 2 is 1.76 bits per heavy atom. The third-order valence-electron chi connectivity index (χ3n) is 5.12. The molecule has 0 N–H and O–H groups in total. The molecule has 29 heavy (non-hydrogen) atoms. The maximum Gasteiger partial charge on any atom is 0.233 e. The summed E-state index contributed by atoms with van der Waals surface area (Å²) in [7, 11) is 0. The Morgan fingerprint density at radius 3 is 2.52 bits per heavy atom. The van der Waals surface area contributed by atoms with Gasteiger partial charge in [0.2, 0.25) is 5.91 Å². The molecule has 2 aromatic carbocycles. The normalized spacial score (nSPS) is 10.8. The molecule has 152 valence electrons. The van der Waals surface area contributed by atoms with E-state index in [0.717, 1.165) is 30.8 Å². The topological polar surface area (TPSA) is 25.2 Å².